The number of hydrogen-bond donors (Lipinski definition) is 0. The molecule has 21 heavy (non-hydrogen) atoms. The first-order valence-electron chi connectivity index (χ1n) is 6.35. The molecule has 0 amide bonds. The molecule has 0 unspecified atom stereocenters. The minimum Gasteiger partial charge on any atom is -0.495 e. The standard InChI is InChI=1S/C16H18O4S/c1-17-11-7-5-8-12(18-2)15(11)21-16-13(19-3)9-6-10-14(16)20-4/h5-10H,1-4H3. The van der Waals surface area contributed by atoms with Gasteiger partial charge in [0.25, 0.3) is 0 Å². The van der Waals surface area contributed by atoms with Crippen molar-refractivity contribution in [3.63, 3.8) is 0 Å². The summed E-state index contributed by atoms with van der Waals surface area (Å²) < 4.78 is 21.7. The van der Waals surface area contributed by atoms with Gasteiger partial charge in [-0.05, 0) is 24.3 Å². The van der Waals surface area contributed by atoms with Crippen molar-refractivity contribution in [1.82, 2.24) is 0 Å². The van der Waals surface area contributed by atoms with Crippen LogP contribution >= 0.6 is 11.8 Å². The summed E-state index contributed by atoms with van der Waals surface area (Å²) in [6.07, 6.45) is 0. The van der Waals surface area contributed by atoms with Gasteiger partial charge < -0.3 is 18.9 Å². The number of hydrogen-bond acceptors (Lipinski definition) is 5. The fourth-order valence-electron chi connectivity index (χ4n) is 1.94. The van der Waals surface area contributed by atoms with E-state index in [0.717, 1.165) is 32.8 Å². The molecule has 2 aromatic carbocycles. The van der Waals surface area contributed by atoms with Crippen LogP contribution in [-0.4, -0.2) is 28.4 Å². The Labute approximate surface area is 129 Å². The zero-order valence-corrected chi connectivity index (χ0v) is 13.3. The van der Waals surface area contributed by atoms with Crippen molar-refractivity contribution in [3.8, 4) is 23.0 Å². The second-order valence-corrected chi connectivity index (χ2v) is 5.11. The van der Waals surface area contributed by atoms with E-state index in [1.54, 1.807) is 28.4 Å². The van der Waals surface area contributed by atoms with Gasteiger partial charge in [0.1, 0.15) is 23.0 Å². The van der Waals surface area contributed by atoms with Crippen molar-refractivity contribution >= 4 is 11.8 Å². The SMILES string of the molecule is COc1cccc(OC)c1Sc1c(OC)cccc1OC. The summed E-state index contributed by atoms with van der Waals surface area (Å²) in [5, 5.41) is 0. The molecule has 0 aromatic heterocycles. The molecule has 0 spiro atoms. The van der Waals surface area contributed by atoms with E-state index < -0.39 is 0 Å². The van der Waals surface area contributed by atoms with E-state index in [1.165, 1.54) is 11.8 Å². The van der Waals surface area contributed by atoms with Crippen LogP contribution in [0.5, 0.6) is 23.0 Å². The topological polar surface area (TPSA) is 36.9 Å². The summed E-state index contributed by atoms with van der Waals surface area (Å²) in [4.78, 5) is 1.76. The van der Waals surface area contributed by atoms with Crippen LogP contribution < -0.4 is 18.9 Å². The largest absolute Gasteiger partial charge is 0.495 e. The van der Waals surface area contributed by atoms with Crippen LogP contribution in [0.4, 0.5) is 0 Å². The third kappa shape index (κ3) is 3.19. The number of methoxy groups -OCH3 is 4. The van der Waals surface area contributed by atoms with Crippen molar-refractivity contribution in [2.75, 3.05) is 28.4 Å². The van der Waals surface area contributed by atoms with Gasteiger partial charge in [-0.15, -0.1) is 0 Å². The van der Waals surface area contributed by atoms with Crippen LogP contribution in [0.1, 0.15) is 0 Å². The van der Waals surface area contributed by atoms with Gasteiger partial charge in [0.05, 0.1) is 38.2 Å². The van der Waals surface area contributed by atoms with Crippen LogP contribution in [-0.2, 0) is 0 Å². The molecule has 0 bridgehead atoms. The van der Waals surface area contributed by atoms with Gasteiger partial charge >= 0.3 is 0 Å². The van der Waals surface area contributed by atoms with Gasteiger partial charge in [-0.25, -0.2) is 0 Å². The predicted octanol–water partition coefficient (Wildman–Crippen LogP) is 3.87. The van der Waals surface area contributed by atoms with E-state index in [0.29, 0.717) is 0 Å². The first-order chi connectivity index (χ1) is 10.2. The Morgan fingerprint density at radius 2 is 0.857 bits per heavy atom. The molecule has 0 saturated carbocycles. The molecule has 0 N–H and O–H groups in total. The zero-order valence-electron chi connectivity index (χ0n) is 12.5. The van der Waals surface area contributed by atoms with Gasteiger partial charge in [-0.2, -0.15) is 0 Å². The van der Waals surface area contributed by atoms with Crippen molar-refractivity contribution in [2.24, 2.45) is 0 Å². The molecule has 112 valence electrons. The summed E-state index contributed by atoms with van der Waals surface area (Å²) in [5.74, 6) is 2.97. The fourth-order valence-corrected chi connectivity index (χ4v) is 3.15. The lowest BCUT2D eigenvalue weighted by Crippen LogP contribution is -1.94. The molecular formula is C16H18O4S. The van der Waals surface area contributed by atoms with E-state index in [1.807, 2.05) is 36.4 Å². The van der Waals surface area contributed by atoms with Crippen LogP contribution in [0.25, 0.3) is 0 Å². The lowest BCUT2D eigenvalue weighted by Gasteiger charge is -2.16. The maximum atomic E-state index is 5.42. The lowest BCUT2D eigenvalue weighted by molar-refractivity contribution is 0.372. The highest BCUT2D eigenvalue weighted by molar-refractivity contribution is 7.99. The van der Waals surface area contributed by atoms with Crippen LogP contribution in [0.3, 0.4) is 0 Å². The first kappa shape index (κ1) is 15.4. The van der Waals surface area contributed by atoms with Crippen molar-refractivity contribution in [2.45, 2.75) is 9.79 Å². The average molecular weight is 306 g/mol. The van der Waals surface area contributed by atoms with Gasteiger partial charge in [-0.1, -0.05) is 23.9 Å². The highest BCUT2D eigenvalue weighted by Gasteiger charge is 2.17. The molecule has 0 radical (unpaired) electrons. The average Bonchev–Trinajstić information content (AvgIpc) is 2.55. The quantitative estimate of drug-likeness (QED) is 0.809. The molecule has 4 nitrogen and oxygen atoms in total. The Balaban J connectivity index is 2.52. The molecule has 0 atom stereocenters. The van der Waals surface area contributed by atoms with Crippen molar-refractivity contribution < 1.29 is 18.9 Å². The summed E-state index contributed by atoms with van der Waals surface area (Å²) in [6, 6.07) is 11.4. The second-order valence-electron chi connectivity index (χ2n) is 4.09. The second kappa shape index (κ2) is 7.13. The van der Waals surface area contributed by atoms with E-state index in [-0.39, 0.29) is 0 Å². The van der Waals surface area contributed by atoms with Crippen molar-refractivity contribution in [3.05, 3.63) is 36.4 Å². The molecule has 0 aliphatic carbocycles. The molecule has 2 rings (SSSR count). The molecule has 0 aliphatic rings. The van der Waals surface area contributed by atoms with Crippen LogP contribution in [0.2, 0.25) is 0 Å². The zero-order chi connectivity index (χ0) is 15.2. The first-order valence-corrected chi connectivity index (χ1v) is 7.16. The Hall–Kier alpha value is -2.01. The van der Waals surface area contributed by atoms with Gasteiger partial charge in [0, 0.05) is 0 Å². The Morgan fingerprint density at radius 1 is 0.571 bits per heavy atom. The molecule has 0 heterocycles. The van der Waals surface area contributed by atoms with Crippen LogP contribution in [0.15, 0.2) is 46.2 Å². The number of ether oxygens (including phenoxy) is 4. The van der Waals surface area contributed by atoms with Crippen LogP contribution in [0, 0.1) is 0 Å². The normalized spacial score (nSPS) is 10.1. The summed E-state index contributed by atoms with van der Waals surface area (Å²) >= 11 is 1.49. The van der Waals surface area contributed by atoms with E-state index in [4.69, 9.17) is 18.9 Å². The summed E-state index contributed by atoms with van der Waals surface area (Å²) in [5.41, 5.74) is 0. The summed E-state index contributed by atoms with van der Waals surface area (Å²) in [6.45, 7) is 0. The number of rotatable bonds is 6. The highest BCUT2D eigenvalue weighted by atomic mass is 32.2. The maximum Gasteiger partial charge on any atom is 0.136 e. The molecule has 0 fully saturated rings. The number of benzene rings is 2. The fraction of sp³-hybridized carbons (Fsp3) is 0.250. The third-order valence-electron chi connectivity index (χ3n) is 2.97. The Bertz CT molecular complexity index is 515. The smallest absolute Gasteiger partial charge is 0.136 e. The molecule has 0 aliphatic heterocycles. The monoisotopic (exact) mass is 306 g/mol. The Kier molecular flexibility index (Phi) is 5.22. The minimum absolute atomic E-state index is 0.743. The van der Waals surface area contributed by atoms with Gasteiger partial charge in [-0.3, -0.25) is 0 Å². The maximum absolute atomic E-state index is 5.42. The molecular weight excluding hydrogens is 288 g/mol. The van der Waals surface area contributed by atoms with E-state index in [2.05, 4.69) is 0 Å². The highest BCUT2D eigenvalue weighted by Crippen LogP contribution is 2.48. The summed E-state index contributed by atoms with van der Waals surface area (Å²) in [7, 11) is 6.55. The van der Waals surface area contributed by atoms with Gasteiger partial charge in [0.15, 0.2) is 0 Å². The van der Waals surface area contributed by atoms with Crippen molar-refractivity contribution in [1.29, 1.82) is 0 Å². The Morgan fingerprint density at radius 3 is 1.10 bits per heavy atom. The minimum atomic E-state index is 0.743. The lowest BCUT2D eigenvalue weighted by atomic mass is 10.3. The third-order valence-corrected chi connectivity index (χ3v) is 4.18. The predicted molar refractivity (Wildman–Crippen MR) is 83.2 cm³/mol. The molecule has 5 heteroatoms. The molecule has 0 saturated heterocycles. The van der Waals surface area contributed by atoms with E-state index in [9.17, 15) is 0 Å². The molecule has 2 aromatic rings. The van der Waals surface area contributed by atoms with E-state index >= 15 is 0 Å². The van der Waals surface area contributed by atoms with Gasteiger partial charge in [0.2, 0.25) is 0 Å².